The van der Waals surface area contributed by atoms with Crippen molar-refractivity contribution in [2.45, 2.75) is 19.9 Å². The minimum absolute atomic E-state index is 0.245. The Kier molecular flexibility index (Phi) is 4.52. The molecule has 0 aliphatic rings. The second-order valence-corrected chi connectivity index (χ2v) is 4.38. The fourth-order valence-corrected chi connectivity index (χ4v) is 1.86. The van der Waals surface area contributed by atoms with E-state index in [4.69, 9.17) is 4.74 Å². The van der Waals surface area contributed by atoms with Crippen molar-refractivity contribution in [2.75, 3.05) is 19.0 Å². The lowest BCUT2D eigenvalue weighted by Crippen LogP contribution is -2.05. The number of aryl methyl sites for hydroxylation is 2. The Morgan fingerprint density at radius 2 is 2.05 bits per heavy atom. The summed E-state index contributed by atoms with van der Waals surface area (Å²) in [5.41, 5.74) is 1.77. The van der Waals surface area contributed by atoms with Gasteiger partial charge in [-0.15, -0.1) is 0 Å². The number of aromatic nitrogens is 2. The summed E-state index contributed by atoms with van der Waals surface area (Å²) in [6.45, 7) is 3.49. The molecule has 1 aromatic carbocycles. The maximum atomic E-state index is 12.9. The Hall–Kier alpha value is -1.88. The number of benzene rings is 1. The fourth-order valence-electron chi connectivity index (χ4n) is 1.86. The smallest absolute Gasteiger partial charge is 0.207 e. The molecule has 0 aliphatic carbocycles. The van der Waals surface area contributed by atoms with Crippen LogP contribution in [0.5, 0.6) is 0 Å². The molecule has 1 aromatic heterocycles. The molecule has 0 fully saturated rings. The average Bonchev–Trinajstić information content (AvgIpc) is 2.73. The zero-order valence-electron chi connectivity index (χ0n) is 11.2. The predicted molar refractivity (Wildman–Crippen MR) is 73.1 cm³/mol. The summed E-state index contributed by atoms with van der Waals surface area (Å²) in [6, 6.07) is 6.23. The third-order valence-corrected chi connectivity index (χ3v) is 2.74. The predicted octanol–water partition coefficient (Wildman–Crippen LogP) is 3.11. The Bertz CT molecular complexity index is 522. The van der Waals surface area contributed by atoms with Crippen LogP contribution in [0.25, 0.3) is 0 Å². The summed E-state index contributed by atoms with van der Waals surface area (Å²) >= 11 is 0. The first-order valence-corrected chi connectivity index (χ1v) is 6.24. The molecule has 1 heterocycles. The molecule has 4 nitrogen and oxygen atoms in total. The topological polar surface area (TPSA) is 39.1 Å². The van der Waals surface area contributed by atoms with Crippen LogP contribution in [-0.2, 0) is 11.3 Å². The number of rotatable bonds is 6. The van der Waals surface area contributed by atoms with Crippen LogP contribution in [0.15, 0.2) is 30.5 Å². The van der Waals surface area contributed by atoms with Crippen LogP contribution >= 0.6 is 0 Å². The van der Waals surface area contributed by atoms with Gasteiger partial charge in [0.05, 0.1) is 5.69 Å². The van der Waals surface area contributed by atoms with Gasteiger partial charge in [-0.2, -0.15) is 0 Å². The first kappa shape index (κ1) is 13.5. The van der Waals surface area contributed by atoms with Crippen molar-refractivity contribution >= 4 is 11.6 Å². The summed E-state index contributed by atoms with van der Waals surface area (Å²) in [6.07, 6.45) is 2.91. The quantitative estimate of drug-likeness (QED) is 0.814. The van der Waals surface area contributed by atoms with Crippen molar-refractivity contribution in [3.8, 4) is 0 Å². The Labute approximate surface area is 112 Å². The lowest BCUT2D eigenvalue weighted by Gasteiger charge is -2.09. The van der Waals surface area contributed by atoms with Crippen molar-refractivity contribution in [3.05, 3.63) is 42.0 Å². The molecule has 0 unspecified atom stereocenters. The molecule has 0 radical (unpaired) electrons. The number of methoxy groups -OCH3 is 1. The zero-order valence-corrected chi connectivity index (χ0v) is 11.2. The van der Waals surface area contributed by atoms with E-state index in [1.54, 1.807) is 19.2 Å². The minimum atomic E-state index is -0.245. The molecule has 0 saturated heterocycles. The van der Waals surface area contributed by atoms with Gasteiger partial charge < -0.3 is 14.6 Å². The number of hydrogen-bond donors (Lipinski definition) is 1. The van der Waals surface area contributed by atoms with E-state index in [-0.39, 0.29) is 5.82 Å². The normalized spacial score (nSPS) is 10.7. The SMILES string of the molecule is COCCCn1cc(C)nc1Nc1ccc(F)cc1. The van der Waals surface area contributed by atoms with Crippen LogP contribution in [0.1, 0.15) is 12.1 Å². The highest BCUT2D eigenvalue weighted by Crippen LogP contribution is 2.17. The van der Waals surface area contributed by atoms with Crippen molar-refractivity contribution < 1.29 is 9.13 Å². The number of hydrogen-bond acceptors (Lipinski definition) is 3. The van der Waals surface area contributed by atoms with E-state index >= 15 is 0 Å². The molecule has 0 atom stereocenters. The second-order valence-electron chi connectivity index (χ2n) is 4.38. The van der Waals surface area contributed by atoms with E-state index in [2.05, 4.69) is 10.3 Å². The maximum absolute atomic E-state index is 12.9. The monoisotopic (exact) mass is 263 g/mol. The highest BCUT2D eigenvalue weighted by Gasteiger charge is 2.05. The highest BCUT2D eigenvalue weighted by atomic mass is 19.1. The average molecular weight is 263 g/mol. The number of ether oxygens (including phenoxy) is 1. The van der Waals surface area contributed by atoms with E-state index in [1.807, 2.05) is 17.7 Å². The molecule has 2 rings (SSSR count). The van der Waals surface area contributed by atoms with Gasteiger partial charge in [0.1, 0.15) is 5.82 Å². The van der Waals surface area contributed by atoms with Crippen LogP contribution < -0.4 is 5.32 Å². The van der Waals surface area contributed by atoms with E-state index in [9.17, 15) is 4.39 Å². The van der Waals surface area contributed by atoms with Crippen LogP contribution in [0.3, 0.4) is 0 Å². The van der Waals surface area contributed by atoms with Gasteiger partial charge in [0, 0.05) is 32.1 Å². The van der Waals surface area contributed by atoms with Crippen molar-refractivity contribution in [3.63, 3.8) is 0 Å². The highest BCUT2D eigenvalue weighted by molar-refractivity contribution is 5.53. The first-order chi connectivity index (χ1) is 9.19. The zero-order chi connectivity index (χ0) is 13.7. The number of halogens is 1. The molecular formula is C14H18FN3O. The lowest BCUT2D eigenvalue weighted by atomic mass is 10.3. The first-order valence-electron chi connectivity index (χ1n) is 6.24. The summed E-state index contributed by atoms with van der Waals surface area (Å²) in [5, 5.41) is 3.19. The van der Waals surface area contributed by atoms with Crippen molar-refractivity contribution in [2.24, 2.45) is 0 Å². The number of anilines is 2. The van der Waals surface area contributed by atoms with Gasteiger partial charge in [-0.3, -0.25) is 0 Å². The van der Waals surface area contributed by atoms with Crippen LogP contribution in [0.2, 0.25) is 0 Å². The standard InChI is InChI=1S/C14H18FN3O/c1-11-10-18(8-3-9-19-2)14(16-11)17-13-6-4-12(15)5-7-13/h4-7,10H,3,8-9H2,1-2H3,(H,16,17). The van der Waals surface area contributed by atoms with Crippen molar-refractivity contribution in [1.82, 2.24) is 9.55 Å². The third-order valence-electron chi connectivity index (χ3n) is 2.74. The molecule has 0 spiro atoms. The largest absolute Gasteiger partial charge is 0.385 e. The number of nitrogens with zero attached hydrogens (tertiary/aromatic N) is 2. The maximum Gasteiger partial charge on any atom is 0.207 e. The molecule has 19 heavy (non-hydrogen) atoms. The third kappa shape index (κ3) is 3.79. The molecule has 2 aromatic rings. The van der Waals surface area contributed by atoms with Gasteiger partial charge >= 0.3 is 0 Å². The Morgan fingerprint density at radius 3 is 2.74 bits per heavy atom. The minimum Gasteiger partial charge on any atom is -0.385 e. The Morgan fingerprint density at radius 1 is 1.32 bits per heavy atom. The van der Waals surface area contributed by atoms with Gasteiger partial charge in [0.15, 0.2) is 0 Å². The molecule has 0 bridgehead atoms. The van der Waals surface area contributed by atoms with Gasteiger partial charge in [-0.05, 0) is 37.6 Å². The molecule has 102 valence electrons. The number of imidazole rings is 1. The van der Waals surface area contributed by atoms with Gasteiger partial charge in [0.2, 0.25) is 5.95 Å². The molecular weight excluding hydrogens is 245 g/mol. The van der Waals surface area contributed by atoms with Crippen LogP contribution in [0.4, 0.5) is 16.0 Å². The molecule has 0 saturated carbocycles. The van der Waals surface area contributed by atoms with E-state index in [1.165, 1.54) is 12.1 Å². The van der Waals surface area contributed by atoms with E-state index in [0.29, 0.717) is 6.61 Å². The summed E-state index contributed by atoms with van der Waals surface area (Å²) in [7, 11) is 1.69. The van der Waals surface area contributed by atoms with Gasteiger partial charge in [0.25, 0.3) is 0 Å². The fraction of sp³-hybridized carbons (Fsp3) is 0.357. The van der Waals surface area contributed by atoms with Crippen LogP contribution in [0, 0.1) is 12.7 Å². The molecule has 1 N–H and O–H groups in total. The molecule has 0 amide bonds. The van der Waals surface area contributed by atoms with E-state index < -0.39 is 0 Å². The molecule has 5 heteroatoms. The summed E-state index contributed by atoms with van der Waals surface area (Å²) in [4.78, 5) is 4.42. The molecule has 0 aliphatic heterocycles. The number of nitrogens with one attached hydrogen (secondary N) is 1. The lowest BCUT2D eigenvalue weighted by molar-refractivity contribution is 0.190. The van der Waals surface area contributed by atoms with Crippen LogP contribution in [-0.4, -0.2) is 23.3 Å². The van der Waals surface area contributed by atoms with Crippen molar-refractivity contribution in [1.29, 1.82) is 0 Å². The summed E-state index contributed by atoms with van der Waals surface area (Å²) < 4.78 is 19.9. The summed E-state index contributed by atoms with van der Waals surface area (Å²) in [5.74, 6) is 0.519. The Balaban J connectivity index is 2.08. The van der Waals surface area contributed by atoms with Gasteiger partial charge in [-0.25, -0.2) is 9.37 Å². The van der Waals surface area contributed by atoms with Gasteiger partial charge in [-0.1, -0.05) is 0 Å². The second kappa shape index (κ2) is 6.33. The van der Waals surface area contributed by atoms with E-state index in [0.717, 1.165) is 30.3 Å².